The second-order valence-corrected chi connectivity index (χ2v) is 6.68. The lowest BCUT2D eigenvalue weighted by molar-refractivity contribution is 0.0697. The highest BCUT2D eigenvalue weighted by molar-refractivity contribution is 5.92. The smallest absolute Gasteiger partial charge is 0.335 e. The normalized spacial score (nSPS) is 19.9. The van der Waals surface area contributed by atoms with E-state index in [0.717, 1.165) is 23.5 Å². The van der Waals surface area contributed by atoms with Crippen molar-refractivity contribution in [3.05, 3.63) is 29.6 Å². The molecule has 0 radical (unpaired) electrons. The molecule has 2 saturated carbocycles. The van der Waals surface area contributed by atoms with Crippen LogP contribution in [0.1, 0.15) is 54.7 Å². The van der Waals surface area contributed by atoms with Gasteiger partial charge in [-0.2, -0.15) is 0 Å². The minimum Gasteiger partial charge on any atom is -0.478 e. The van der Waals surface area contributed by atoms with Gasteiger partial charge in [0.1, 0.15) is 5.82 Å². The van der Waals surface area contributed by atoms with Gasteiger partial charge in [0.05, 0.1) is 16.6 Å². The molecule has 1 atom stereocenters. The van der Waals surface area contributed by atoms with Crippen LogP contribution < -0.4 is 0 Å². The molecule has 2 aliphatic rings. The van der Waals surface area contributed by atoms with Crippen molar-refractivity contribution in [2.24, 2.45) is 11.8 Å². The Bertz CT molecular complexity index is 711. The quantitative estimate of drug-likeness (QED) is 0.911. The average Bonchev–Trinajstić information content (AvgIpc) is 3.36. The Hall–Kier alpha value is -1.84. The van der Waals surface area contributed by atoms with Crippen LogP contribution in [-0.2, 0) is 6.54 Å². The highest BCUT2D eigenvalue weighted by Gasteiger charge is 2.33. The molecule has 0 aliphatic heterocycles. The second-order valence-electron chi connectivity index (χ2n) is 6.68. The number of fused-ring (bicyclic) bond motifs is 1. The average molecular weight is 284 g/mol. The number of aromatic carboxylic acids is 1. The van der Waals surface area contributed by atoms with E-state index in [9.17, 15) is 9.90 Å². The van der Waals surface area contributed by atoms with E-state index in [4.69, 9.17) is 4.98 Å². The van der Waals surface area contributed by atoms with E-state index in [1.807, 2.05) is 6.07 Å². The van der Waals surface area contributed by atoms with E-state index in [1.54, 1.807) is 12.1 Å². The second kappa shape index (κ2) is 4.58. The predicted octanol–water partition coefficient (Wildman–Crippen LogP) is 3.66. The third-order valence-electron chi connectivity index (χ3n) is 4.86. The number of aromatic nitrogens is 2. The predicted molar refractivity (Wildman–Crippen MR) is 80.6 cm³/mol. The molecule has 1 aromatic carbocycles. The molecule has 1 unspecified atom stereocenters. The summed E-state index contributed by atoms with van der Waals surface area (Å²) in [6.45, 7) is 3.28. The number of carboxylic acids is 1. The number of benzene rings is 1. The lowest BCUT2D eigenvalue weighted by atomic mass is 10.1. The first-order chi connectivity index (χ1) is 10.1. The molecule has 0 bridgehead atoms. The molecule has 21 heavy (non-hydrogen) atoms. The SMILES string of the molecule is CC(Cn1c(C2CC2)nc2ccc(C(=O)O)cc21)C1CC1. The molecule has 0 amide bonds. The van der Waals surface area contributed by atoms with Crippen LogP contribution in [0.3, 0.4) is 0 Å². The van der Waals surface area contributed by atoms with Crippen molar-refractivity contribution in [3.63, 3.8) is 0 Å². The van der Waals surface area contributed by atoms with Gasteiger partial charge in [-0.1, -0.05) is 6.92 Å². The third kappa shape index (κ3) is 2.33. The highest BCUT2D eigenvalue weighted by atomic mass is 16.4. The maximum absolute atomic E-state index is 11.2. The molecule has 4 heteroatoms. The first kappa shape index (κ1) is 12.9. The third-order valence-corrected chi connectivity index (χ3v) is 4.86. The number of carbonyl (C=O) groups is 1. The Balaban J connectivity index is 1.80. The number of hydrogen-bond donors (Lipinski definition) is 1. The number of carboxylic acid groups (broad SMARTS) is 1. The van der Waals surface area contributed by atoms with Gasteiger partial charge in [0.15, 0.2) is 0 Å². The molecule has 0 saturated heterocycles. The van der Waals surface area contributed by atoms with E-state index in [1.165, 1.54) is 31.5 Å². The van der Waals surface area contributed by atoms with E-state index in [2.05, 4.69) is 11.5 Å². The van der Waals surface area contributed by atoms with Gasteiger partial charge in [0.25, 0.3) is 0 Å². The van der Waals surface area contributed by atoms with Crippen LogP contribution in [0.2, 0.25) is 0 Å². The Labute approximate surface area is 123 Å². The van der Waals surface area contributed by atoms with Gasteiger partial charge >= 0.3 is 5.97 Å². The lowest BCUT2D eigenvalue weighted by Gasteiger charge is -2.14. The summed E-state index contributed by atoms with van der Waals surface area (Å²) in [5, 5.41) is 9.21. The standard InChI is InChI=1S/C17H20N2O2/c1-10(11-2-3-11)9-19-15-8-13(17(20)21)6-7-14(15)18-16(19)12-4-5-12/h6-8,10-12H,2-5,9H2,1H3,(H,20,21). The van der Waals surface area contributed by atoms with Crippen molar-refractivity contribution >= 4 is 17.0 Å². The summed E-state index contributed by atoms with van der Waals surface area (Å²) in [4.78, 5) is 16.0. The number of nitrogens with zero attached hydrogens (tertiary/aromatic N) is 2. The zero-order valence-corrected chi connectivity index (χ0v) is 12.2. The summed E-state index contributed by atoms with van der Waals surface area (Å²) in [5.74, 6) is 2.37. The maximum Gasteiger partial charge on any atom is 0.335 e. The first-order valence-corrected chi connectivity index (χ1v) is 7.87. The number of imidazole rings is 1. The van der Waals surface area contributed by atoms with Crippen LogP contribution in [0.4, 0.5) is 0 Å². The summed E-state index contributed by atoms with van der Waals surface area (Å²) in [6.07, 6.45) is 5.11. The molecule has 4 nitrogen and oxygen atoms in total. The highest BCUT2D eigenvalue weighted by Crippen LogP contribution is 2.43. The molecule has 2 aromatic rings. The van der Waals surface area contributed by atoms with E-state index < -0.39 is 5.97 Å². The van der Waals surface area contributed by atoms with E-state index in [0.29, 0.717) is 17.4 Å². The van der Waals surface area contributed by atoms with E-state index in [-0.39, 0.29) is 0 Å². The largest absolute Gasteiger partial charge is 0.478 e. The molecule has 0 spiro atoms. The van der Waals surface area contributed by atoms with Crippen LogP contribution in [0.25, 0.3) is 11.0 Å². The van der Waals surface area contributed by atoms with Crippen molar-refractivity contribution in [1.29, 1.82) is 0 Å². The molecule has 4 rings (SSSR count). The van der Waals surface area contributed by atoms with Gasteiger partial charge in [0, 0.05) is 12.5 Å². The summed E-state index contributed by atoms with van der Waals surface area (Å²) >= 11 is 0. The minimum atomic E-state index is -0.868. The van der Waals surface area contributed by atoms with Gasteiger partial charge < -0.3 is 9.67 Å². The van der Waals surface area contributed by atoms with Gasteiger partial charge in [-0.25, -0.2) is 9.78 Å². The summed E-state index contributed by atoms with van der Waals surface area (Å²) < 4.78 is 2.29. The molecule has 1 aromatic heterocycles. The summed E-state index contributed by atoms with van der Waals surface area (Å²) in [5.41, 5.74) is 2.28. The van der Waals surface area contributed by atoms with Gasteiger partial charge in [0.2, 0.25) is 0 Å². The molecule has 2 aliphatic carbocycles. The van der Waals surface area contributed by atoms with Crippen LogP contribution in [-0.4, -0.2) is 20.6 Å². The number of hydrogen-bond acceptors (Lipinski definition) is 2. The minimum absolute atomic E-state index is 0.352. The Morgan fingerprint density at radius 3 is 2.76 bits per heavy atom. The molecule has 1 N–H and O–H groups in total. The van der Waals surface area contributed by atoms with Gasteiger partial charge in [-0.3, -0.25) is 0 Å². The molecule has 110 valence electrons. The van der Waals surface area contributed by atoms with Crippen molar-refractivity contribution in [2.45, 2.75) is 45.1 Å². The molecular weight excluding hydrogens is 264 g/mol. The lowest BCUT2D eigenvalue weighted by Crippen LogP contribution is -2.12. The first-order valence-electron chi connectivity index (χ1n) is 7.87. The summed E-state index contributed by atoms with van der Waals surface area (Å²) in [6, 6.07) is 5.29. The molecular formula is C17H20N2O2. The zero-order chi connectivity index (χ0) is 14.6. The van der Waals surface area contributed by atoms with Crippen molar-refractivity contribution in [3.8, 4) is 0 Å². The van der Waals surface area contributed by atoms with Crippen molar-refractivity contribution in [1.82, 2.24) is 9.55 Å². The fourth-order valence-electron chi connectivity index (χ4n) is 3.22. The topological polar surface area (TPSA) is 55.1 Å². The monoisotopic (exact) mass is 284 g/mol. The van der Waals surface area contributed by atoms with Crippen LogP contribution in [0.5, 0.6) is 0 Å². The Morgan fingerprint density at radius 1 is 1.38 bits per heavy atom. The van der Waals surface area contributed by atoms with Crippen LogP contribution in [0, 0.1) is 11.8 Å². The molecule has 2 fully saturated rings. The van der Waals surface area contributed by atoms with Crippen LogP contribution >= 0.6 is 0 Å². The van der Waals surface area contributed by atoms with Crippen molar-refractivity contribution < 1.29 is 9.90 Å². The van der Waals surface area contributed by atoms with Crippen molar-refractivity contribution in [2.75, 3.05) is 0 Å². The van der Waals surface area contributed by atoms with Gasteiger partial charge in [-0.05, 0) is 55.7 Å². The summed E-state index contributed by atoms with van der Waals surface area (Å²) in [7, 11) is 0. The van der Waals surface area contributed by atoms with Gasteiger partial charge in [-0.15, -0.1) is 0 Å². The molecule has 1 heterocycles. The zero-order valence-electron chi connectivity index (χ0n) is 12.2. The number of rotatable bonds is 5. The fraction of sp³-hybridized carbons (Fsp3) is 0.529. The van der Waals surface area contributed by atoms with E-state index >= 15 is 0 Å². The Morgan fingerprint density at radius 2 is 2.14 bits per heavy atom. The fourth-order valence-corrected chi connectivity index (χ4v) is 3.22. The maximum atomic E-state index is 11.2. The van der Waals surface area contributed by atoms with Crippen LogP contribution in [0.15, 0.2) is 18.2 Å². The Kier molecular flexibility index (Phi) is 2.81.